The Morgan fingerprint density at radius 2 is 1.96 bits per heavy atom. The number of hydrogen-bond donors (Lipinski definition) is 1. The van der Waals surface area contributed by atoms with Crippen LogP contribution in [-0.4, -0.2) is 61.7 Å². The van der Waals surface area contributed by atoms with Gasteiger partial charge in [-0.25, -0.2) is 13.4 Å². The summed E-state index contributed by atoms with van der Waals surface area (Å²) in [5.41, 5.74) is 0.729. The van der Waals surface area contributed by atoms with E-state index in [0.717, 1.165) is 0 Å². The van der Waals surface area contributed by atoms with Crippen molar-refractivity contribution in [2.45, 2.75) is 25.3 Å². The molecular weight excluding hydrogens is 374 g/mol. The summed E-state index contributed by atoms with van der Waals surface area (Å²) in [6.45, 7) is 0.925. The average Bonchev–Trinajstić information content (AvgIpc) is 3.01. The molecule has 27 heavy (non-hydrogen) atoms. The maximum Gasteiger partial charge on any atom is 0.271 e. The number of hydrogen-bond acceptors (Lipinski definition) is 7. The Bertz CT molecular complexity index is 927. The van der Waals surface area contributed by atoms with Gasteiger partial charge in [-0.1, -0.05) is 0 Å². The molecule has 0 aromatic heterocycles. The van der Waals surface area contributed by atoms with Crippen molar-refractivity contribution in [1.29, 1.82) is 0 Å². The van der Waals surface area contributed by atoms with E-state index < -0.39 is 21.8 Å². The largest absolute Gasteiger partial charge is 0.486 e. The van der Waals surface area contributed by atoms with Crippen LogP contribution in [0.5, 0.6) is 11.5 Å². The number of nitrogens with zero attached hydrogens (tertiary/aromatic N) is 2. The number of ether oxygens (including phenoxy) is 2. The molecule has 1 atom stereocenters. The first-order valence-electron chi connectivity index (χ1n) is 8.72. The molecule has 1 aromatic rings. The van der Waals surface area contributed by atoms with Gasteiger partial charge in [0.05, 0.1) is 17.5 Å². The van der Waals surface area contributed by atoms with Gasteiger partial charge in [0.1, 0.15) is 18.9 Å². The highest BCUT2D eigenvalue weighted by atomic mass is 32.2. The van der Waals surface area contributed by atoms with Crippen molar-refractivity contribution in [1.82, 2.24) is 5.01 Å². The predicted molar refractivity (Wildman–Crippen MR) is 96.6 cm³/mol. The molecule has 10 heteroatoms. The van der Waals surface area contributed by atoms with Crippen LogP contribution in [0.3, 0.4) is 0 Å². The molecule has 1 N–H and O–H groups in total. The van der Waals surface area contributed by atoms with Crippen LogP contribution in [-0.2, 0) is 19.4 Å². The van der Waals surface area contributed by atoms with Crippen molar-refractivity contribution in [3.8, 4) is 11.5 Å². The van der Waals surface area contributed by atoms with Crippen LogP contribution in [0.4, 0.5) is 5.69 Å². The van der Waals surface area contributed by atoms with Crippen molar-refractivity contribution in [2.24, 2.45) is 5.10 Å². The summed E-state index contributed by atoms with van der Waals surface area (Å²) in [7, 11) is -3.15. The van der Waals surface area contributed by atoms with Crippen molar-refractivity contribution in [3.05, 3.63) is 18.2 Å². The Hall–Kier alpha value is -2.62. The van der Waals surface area contributed by atoms with E-state index >= 15 is 0 Å². The Kier molecular flexibility index (Phi) is 4.50. The summed E-state index contributed by atoms with van der Waals surface area (Å²) < 4.78 is 34.3. The minimum atomic E-state index is -3.15. The van der Waals surface area contributed by atoms with Gasteiger partial charge in [0.2, 0.25) is 5.91 Å². The number of benzene rings is 1. The summed E-state index contributed by atoms with van der Waals surface area (Å²) in [5, 5.41) is 8.08. The van der Waals surface area contributed by atoms with Gasteiger partial charge >= 0.3 is 0 Å². The van der Waals surface area contributed by atoms with Gasteiger partial charge in [-0.3, -0.25) is 9.59 Å². The van der Waals surface area contributed by atoms with Gasteiger partial charge < -0.3 is 14.8 Å². The molecule has 0 saturated carbocycles. The van der Waals surface area contributed by atoms with Crippen LogP contribution in [0.1, 0.15) is 19.3 Å². The molecule has 9 nitrogen and oxygen atoms in total. The Morgan fingerprint density at radius 3 is 2.70 bits per heavy atom. The third kappa shape index (κ3) is 3.75. The lowest BCUT2D eigenvalue weighted by molar-refractivity contribution is -0.133. The first-order valence-corrected chi connectivity index (χ1v) is 10.5. The van der Waals surface area contributed by atoms with Crippen molar-refractivity contribution < 1.29 is 27.5 Å². The summed E-state index contributed by atoms with van der Waals surface area (Å²) in [5.74, 6) is 0.415. The molecule has 2 amide bonds. The molecular formula is C17H19N3O6S. The lowest BCUT2D eigenvalue weighted by Gasteiger charge is -2.27. The van der Waals surface area contributed by atoms with E-state index in [1.54, 1.807) is 18.2 Å². The van der Waals surface area contributed by atoms with Crippen molar-refractivity contribution >= 4 is 33.1 Å². The number of carbonyl (C=O) groups is 2. The van der Waals surface area contributed by atoms with E-state index in [0.29, 0.717) is 36.8 Å². The molecule has 144 valence electrons. The summed E-state index contributed by atoms with van der Waals surface area (Å²) in [4.78, 5) is 24.7. The van der Waals surface area contributed by atoms with E-state index in [2.05, 4.69) is 10.4 Å². The zero-order valence-corrected chi connectivity index (χ0v) is 15.3. The molecule has 4 rings (SSSR count). The number of carbonyl (C=O) groups excluding carboxylic acids is 2. The smallest absolute Gasteiger partial charge is 0.271 e. The molecule has 0 bridgehead atoms. The molecule has 0 spiro atoms. The number of nitrogens with one attached hydrogen (secondary N) is 1. The predicted octanol–water partition coefficient (Wildman–Crippen LogP) is 0.562. The van der Waals surface area contributed by atoms with Crippen LogP contribution in [0.25, 0.3) is 0 Å². The molecule has 0 radical (unpaired) electrons. The Balaban J connectivity index is 1.49. The highest BCUT2D eigenvalue weighted by Crippen LogP contribution is 2.32. The van der Waals surface area contributed by atoms with Crippen LogP contribution >= 0.6 is 0 Å². The molecule has 3 aliphatic rings. The number of rotatable bonds is 3. The van der Waals surface area contributed by atoms with Crippen LogP contribution in [0, 0.1) is 0 Å². The second-order valence-corrected chi connectivity index (χ2v) is 8.88. The lowest BCUT2D eigenvalue weighted by Crippen LogP contribution is -2.42. The highest BCUT2D eigenvalue weighted by molar-refractivity contribution is 7.91. The molecule has 3 aliphatic heterocycles. The fourth-order valence-electron chi connectivity index (χ4n) is 3.31. The SMILES string of the molecule is O=C(Nc1ccc2c(c1)OCCO2)C1=NN([C@H]2CCS(=O)(=O)C2)C(=O)CC1. The van der Waals surface area contributed by atoms with Crippen LogP contribution < -0.4 is 14.8 Å². The number of fused-ring (bicyclic) bond motifs is 1. The number of amides is 2. The maximum absolute atomic E-state index is 12.6. The first-order chi connectivity index (χ1) is 12.9. The summed E-state index contributed by atoms with van der Waals surface area (Å²) in [6, 6.07) is 4.58. The molecule has 1 fully saturated rings. The second kappa shape index (κ2) is 6.84. The van der Waals surface area contributed by atoms with Crippen LogP contribution in [0.2, 0.25) is 0 Å². The standard InChI is InChI=1S/C17H19N3O6S/c21-16-4-2-13(19-20(16)12-5-8-27(23,24)10-12)17(22)18-11-1-3-14-15(9-11)26-7-6-25-14/h1,3,9,12H,2,4-8,10H2,(H,18,22)/t12-/m0/s1. The fourth-order valence-corrected chi connectivity index (χ4v) is 5.00. The normalized spacial score (nSPS) is 23.7. The molecule has 1 aromatic carbocycles. The third-order valence-electron chi connectivity index (χ3n) is 4.68. The van der Waals surface area contributed by atoms with Crippen LogP contribution in [0.15, 0.2) is 23.3 Å². The molecule has 0 aliphatic carbocycles. The number of sulfone groups is 1. The van der Waals surface area contributed by atoms with E-state index in [1.165, 1.54) is 5.01 Å². The summed E-state index contributed by atoms with van der Waals surface area (Å²) in [6.07, 6.45) is 0.684. The first kappa shape index (κ1) is 17.8. The van der Waals surface area contributed by atoms with Gasteiger partial charge in [-0.05, 0) is 18.6 Å². The quantitative estimate of drug-likeness (QED) is 0.803. The van der Waals surface area contributed by atoms with Gasteiger partial charge in [0, 0.05) is 24.6 Å². The second-order valence-electron chi connectivity index (χ2n) is 6.65. The topological polar surface area (TPSA) is 114 Å². The minimum Gasteiger partial charge on any atom is -0.486 e. The van der Waals surface area contributed by atoms with Gasteiger partial charge in [0.25, 0.3) is 5.91 Å². The Morgan fingerprint density at radius 1 is 1.19 bits per heavy atom. The molecule has 3 heterocycles. The van der Waals surface area contributed by atoms with Gasteiger partial charge in [-0.15, -0.1) is 0 Å². The lowest BCUT2D eigenvalue weighted by atomic mass is 10.1. The molecule has 0 unspecified atom stereocenters. The van der Waals surface area contributed by atoms with Gasteiger partial charge in [-0.2, -0.15) is 5.10 Å². The van der Waals surface area contributed by atoms with E-state index in [-0.39, 0.29) is 36.0 Å². The van der Waals surface area contributed by atoms with E-state index in [1.807, 2.05) is 0 Å². The van der Waals surface area contributed by atoms with E-state index in [9.17, 15) is 18.0 Å². The third-order valence-corrected chi connectivity index (χ3v) is 6.43. The molecule has 1 saturated heterocycles. The monoisotopic (exact) mass is 393 g/mol. The maximum atomic E-state index is 12.6. The number of hydrazone groups is 1. The average molecular weight is 393 g/mol. The highest BCUT2D eigenvalue weighted by Gasteiger charge is 2.37. The van der Waals surface area contributed by atoms with Crippen molar-refractivity contribution in [3.63, 3.8) is 0 Å². The van der Waals surface area contributed by atoms with E-state index in [4.69, 9.17) is 9.47 Å². The Labute approximate surface area is 156 Å². The zero-order chi connectivity index (χ0) is 19.0. The number of anilines is 1. The van der Waals surface area contributed by atoms with Crippen molar-refractivity contribution in [2.75, 3.05) is 30.0 Å². The fraction of sp³-hybridized carbons (Fsp3) is 0.471. The minimum absolute atomic E-state index is 0.0374. The summed E-state index contributed by atoms with van der Waals surface area (Å²) >= 11 is 0. The van der Waals surface area contributed by atoms with Gasteiger partial charge in [0.15, 0.2) is 21.3 Å². The zero-order valence-electron chi connectivity index (χ0n) is 14.5.